The zero-order chi connectivity index (χ0) is 21.4. The number of amides is 1. The summed E-state index contributed by atoms with van der Waals surface area (Å²) in [5, 5.41) is 19.6. The molecule has 0 bridgehead atoms. The van der Waals surface area contributed by atoms with Crippen LogP contribution in [0.2, 0.25) is 0 Å². The lowest BCUT2D eigenvalue weighted by Crippen LogP contribution is -2.50. The third kappa shape index (κ3) is 3.60. The molecule has 0 spiro atoms. The summed E-state index contributed by atoms with van der Waals surface area (Å²) in [4.78, 5) is 24.7. The van der Waals surface area contributed by atoms with Gasteiger partial charge in [0.15, 0.2) is 0 Å². The molecule has 0 aliphatic heterocycles. The van der Waals surface area contributed by atoms with Crippen molar-refractivity contribution >= 4 is 27.6 Å². The van der Waals surface area contributed by atoms with E-state index < -0.39 is 0 Å². The normalized spacial score (nSPS) is 20.6. The molecule has 0 saturated heterocycles. The van der Waals surface area contributed by atoms with Crippen LogP contribution in [0.3, 0.4) is 0 Å². The molecule has 3 N–H and O–H groups in total. The van der Waals surface area contributed by atoms with Crippen molar-refractivity contribution in [1.29, 1.82) is 0 Å². The Labute approximate surface area is 179 Å². The number of carbonyl (C=O) groups excluding carboxylic acids is 1. The number of H-pyrrole nitrogens is 2. The van der Waals surface area contributed by atoms with Crippen molar-refractivity contribution in [3.8, 4) is 0 Å². The van der Waals surface area contributed by atoms with Crippen molar-refractivity contribution in [2.75, 3.05) is 0 Å². The molecule has 158 valence electrons. The molecule has 31 heavy (non-hydrogen) atoms. The third-order valence-corrected chi connectivity index (χ3v) is 6.82. The van der Waals surface area contributed by atoms with E-state index >= 15 is 0 Å². The highest BCUT2D eigenvalue weighted by atomic mass is 16.1. The Hall–Kier alpha value is -3.48. The maximum atomic E-state index is 12.7. The minimum atomic E-state index is -0.149. The number of rotatable bonds is 6. The zero-order valence-corrected chi connectivity index (χ0v) is 17.4. The van der Waals surface area contributed by atoms with Crippen molar-refractivity contribution in [1.82, 2.24) is 25.7 Å². The summed E-state index contributed by atoms with van der Waals surface area (Å²) in [5.41, 5.74) is 2.50. The van der Waals surface area contributed by atoms with Gasteiger partial charge < -0.3 is 5.32 Å². The van der Waals surface area contributed by atoms with Crippen molar-refractivity contribution < 1.29 is 4.79 Å². The lowest BCUT2D eigenvalue weighted by atomic mass is 9.61. The maximum Gasteiger partial charge on any atom is 0.272 e. The Morgan fingerprint density at radius 2 is 1.97 bits per heavy atom. The van der Waals surface area contributed by atoms with Crippen LogP contribution in [0, 0.1) is 5.41 Å². The Balaban J connectivity index is 1.23. The van der Waals surface area contributed by atoms with Gasteiger partial charge in [0.2, 0.25) is 0 Å². The van der Waals surface area contributed by atoms with Gasteiger partial charge in [0.1, 0.15) is 0 Å². The highest BCUT2D eigenvalue weighted by molar-refractivity contribution is 5.97. The van der Waals surface area contributed by atoms with Crippen LogP contribution >= 0.6 is 0 Å². The molecule has 0 atom stereocenters. The number of nitrogens with zero attached hydrogens (tertiary/aromatic N) is 2. The van der Waals surface area contributed by atoms with Crippen LogP contribution in [0.1, 0.15) is 48.7 Å². The molecule has 2 heterocycles. The number of hydrogen-bond acceptors (Lipinski definition) is 4. The van der Waals surface area contributed by atoms with Gasteiger partial charge in [-0.2, -0.15) is 10.2 Å². The number of aromatic amines is 2. The van der Waals surface area contributed by atoms with Gasteiger partial charge in [-0.3, -0.25) is 14.7 Å². The fraction of sp³-hybridized carbons (Fsp3) is 0.333. The van der Waals surface area contributed by atoms with Gasteiger partial charge >= 0.3 is 0 Å². The monoisotopic (exact) mass is 415 g/mol. The highest BCUT2D eigenvalue weighted by Gasteiger charge is 2.43. The second-order valence-corrected chi connectivity index (χ2v) is 8.65. The minimum Gasteiger partial charge on any atom is -0.349 e. The van der Waals surface area contributed by atoms with Gasteiger partial charge in [-0.15, -0.1) is 0 Å². The SMILES string of the molecule is CC[C@]1(CCc2n[nH]c(=O)c3ccccc23)C[C@H](NC(=O)c2ccc3cn[nH]c3c2)C1. The fourth-order valence-corrected chi connectivity index (χ4v) is 4.85. The van der Waals surface area contributed by atoms with E-state index in [2.05, 4.69) is 32.6 Å². The van der Waals surface area contributed by atoms with Crippen LogP contribution in [-0.2, 0) is 6.42 Å². The summed E-state index contributed by atoms with van der Waals surface area (Å²) < 4.78 is 0. The highest BCUT2D eigenvalue weighted by Crippen LogP contribution is 2.47. The van der Waals surface area contributed by atoms with E-state index in [1.807, 2.05) is 42.5 Å². The van der Waals surface area contributed by atoms with Gasteiger partial charge in [0, 0.05) is 22.4 Å². The molecule has 4 aromatic rings. The third-order valence-electron chi connectivity index (χ3n) is 6.82. The number of aryl methyl sites for hydroxylation is 1. The molecule has 1 saturated carbocycles. The summed E-state index contributed by atoms with van der Waals surface area (Å²) in [6.45, 7) is 2.21. The average molecular weight is 415 g/mol. The molecular formula is C24H25N5O2. The van der Waals surface area contributed by atoms with Gasteiger partial charge in [-0.1, -0.05) is 37.6 Å². The largest absolute Gasteiger partial charge is 0.349 e. The zero-order valence-electron chi connectivity index (χ0n) is 17.4. The van der Waals surface area contributed by atoms with Gasteiger partial charge in [0.25, 0.3) is 11.5 Å². The molecule has 0 radical (unpaired) electrons. The van der Waals surface area contributed by atoms with E-state index in [0.29, 0.717) is 10.9 Å². The molecule has 5 rings (SSSR count). The number of hydrogen-bond donors (Lipinski definition) is 3. The molecule has 1 fully saturated rings. The molecular weight excluding hydrogens is 390 g/mol. The number of carbonyl (C=O) groups is 1. The second kappa shape index (κ2) is 7.65. The number of nitrogens with one attached hydrogen (secondary N) is 3. The lowest BCUT2D eigenvalue weighted by Gasteiger charge is -2.48. The standard InChI is InChI=1S/C24H25N5O2/c1-2-24(10-9-20-18-5-3-4-6-19(18)23(31)29-28-20)12-17(13-24)26-22(30)15-7-8-16-14-25-27-21(16)11-15/h3-8,11,14,17H,2,9-10,12-13H2,1H3,(H,25,27)(H,26,30)(H,29,31)/t17-,24-. The minimum absolute atomic E-state index is 0.0421. The molecule has 2 aromatic carbocycles. The first-order valence-electron chi connectivity index (χ1n) is 10.8. The van der Waals surface area contributed by atoms with Gasteiger partial charge in [-0.05, 0) is 49.3 Å². The van der Waals surface area contributed by atoms with Crippen LogP contribution in [0.25, 0.3) is 21.7 Å². The number of aromatic nitrogens is 4. The van der Waals surface area contributed by atoms with E-state index in [1.165, 1.54) is 0 Å². The van der Waals surface area contributed by atoms with Crippen LogP contribution < -0.4 is 10.9 Å². The maximum absolute atomic E-state index is 12.7. The lowest BCUT2D eigenvalue weighted by molar-refractivity contribution is 0.0571. The summed E-state index contributed by atoms with van der Waals surface area (Å²) in [6, 6.07) is 13.4. The van der Waals surface area contributed by atoms with Gasteiger partial charge in [0.05, 0.1) is 22.8 Å². The average Bonchev–Trinajstić information content (AvgIpc) is 3.24. The fourth-order valence-electron chi connectivity index (χ4n) is 4.85. The van der Waals surface area contributed by atoms with Crippen molar-refractivity contribution in [2.24, 2.45) is 5.41 Å². The van der Waals surface area contributed by atoms with Crippen molar-refractivity contribution in [2.45, 2.75) is 45.1 Å². The van der Waals surface area contributed by atoms with Crippen LogP contribution in [0.5, 0.6) is 0 Å². The molecule has 1 amide bonds. The first kappa shape index (κ1) is 19.5. The quantitative estimate of drug-likeness (QED) is 0.446. The molecule has 1 aliphatic carbocycles. The number of fused-ring (bicyclic) bond motifs is 2. The first-order valence-corrected chi connectivity index (χ1v) is 10.8. The second-order valence-electron chi connectivity index (χ2n) is 8.65. The van der Waals surface area contributed by atoms with E-state index in [0.717, 1.165) is 54.1 Å². The summed E-state index contributed by atoms with van der Waals surface area (Å²) in [5.74, 6) is -0.0421. The molecule has 2 aromatic heterocycles. The summed E-state index contributed by atoms with van der Waals surface area (Å²) in [6.07, 6.45) is 6.52. The van der Waals surface area contributed by atoms with E-state index in [4.69, 9.17) is 0 Å². The van der Waals surface area contributed by atoms with Crippen LogP contribution in [0.4, 0.5) is 0 Å². The van der Waals surface area contributed by atoms with Crippen LogP contribution in [-0.4, -0.2) is 32.3 Å². The van der Waals surface area contributed by atoms with Gasteiger partial charge in [-0.25, -0.2) is 5.10 Å². The molecule has 7 heteroatoms. The number of benzene rings is 2. The van der Waals surface area contributed by atoms with Crippen LogP contribution in [0.15, 0.2) is 53.5 Å². The first-order chi connectivity index (χ1) is 15.1. The van der Waals surface area contributed by atoms with E-state index in [-0.39, 0.29) is 22.9 Å². The Morgan fingerprint density at radius 3 is 2.77 bits per heavy atom. The predicted molar refractivity (Wildman–Crippen MR) is 120 cm³/mol. The Morgan fingerprint density at radius 1 is 1.16 bits per heavy atom. The van der Waals surface area contributed by atoms with E-state index in [1.54, 1.807) is 6.20 Å². The smallest absolute Gasteiger partial charge is 0.272 e. The topological polar surface area (TPSA) is 104 Å². The molecule has 0 unspecified atom stereocenters. The van der Waals surface area contributed by atoms with Crippen molar-refractivity contribution in [3.05, 3.63) is 70.3 Å². The van der Waals surface area contributed by atoms with Crippen molar-refractivity contribution in [3.63, 3.8) is 0 Å². The summed E-state index contributed by atoms with van der Waals surface area (Å²) in [7, 11) is 0. The molecule has 7 nitrogen and oxygen atoms in total. The predicted octanol–water partition coefficient (Wildman–Crippen LogP) is 3.72. The Kier molecular flexibility index (Phi) is 4.81. The van der Waals surface area contributed by atoms with E-state index in [9.17, 15) is 9.59 Å². The molecule has 1 aliphatic rings. The Bertz CT molecular complexity index is 1320. The summed E-state index contributed by atoms with van der Waals surface area (Å²) >= 11 is 0.